The molecule has 0 fully saturated rings. The van der Waals surface area contributed by atoms with Crippen LogP contribution in [0.5, 0.6) is 0 Å². The molecule has 0 saturated carbocycles. The van der Waals surface area contributed by atoms with Crippen LogP contribution in [0.1, 0.15) is 25.7 Å². The van der Waals surface area contributed by atoms with E-state index < -0.39 is 11.9 Å². The van der Waals surface area contributed by atoms with Gasteiger partial charge in [0.25, 0.3) is 0 Å². The molecular weight excluding hydrogens is 326 g/mol. The van der Waals surface area contributed by atoms with Gasteiger partial charge in [-0.25, -0.2) is 14.6 Å². The van der Waals surface area contributed by atoms with E-state index in [9.17, 15) is 9.59 Å². The number of carbonyl (C=O) groups is 2. The van der Waals surface area contributed by atoms with E-state index in [2.05, 4.69) is 4.98 Å². The van der Waals surface area contributed by atoms with Crippen molar-refractivity contribution in [3.05, 3.63) is 76.1 Å². The van der Waals surface area contributed by atoms with Crippen molar-refractivity contribution >= 4 is 23.3 Å². The summed E-state index contributed by atoms with van der Waals surface area (Å²) < 4.78 is 5.25. The molecule has 1 heterocycles. The summed E-state index contributed by atoms with van der Waals surface area (Å²) in [5.74, 6) is -1.36. The SMILES string of the molecule is O=C(O)c1ccc(-c2csc(COC(=O)c3ccccc3)n2)cc1. The minimum atomic E-state index is -0.964. The second-order valence-corrected chi connectivity index (χ2v) is 5.89. The van der Waals surface area contributed by atoms with Gasteiger partial charge in [0.05, 0.1) is 16.8 Å². The average Bonchev–Trinajstić information content (AvgIpc) is 3.09. The predicted molar refractivity (Wildman–Crippen MR) is 90.1 cm³/mol. The summed E-state index contributed by atoms with van der Waals surface area (Å²) in [7, 11) is 0. The van der Waals surface area contributed by atoms with Crippen LogP contribution >= 0.6 is 11.3 Å². The number of carbonyl (C=O) groups excluding carboxylic acids is 1. The quantitative estimate of drug-likeness (QED) is 0.714. The molecule has 3 rings (SSSR count). The van der Waals surface area contributed by atoms with Crippen LogP contribution in [-0.2, 0) is 11.3 Å². The van der Waals surface area contributed by atoms with Crippen molar-refractivity contribution in [2.75, 3.05) is 0 Å². The number of hydrogen-bond acceptors (Lipinski definition) is 5. The Labute approximate surface area is 142 Å². The first-order valence-electron chi connectivity index (χ1n) is 7.14. The zero-order valence-corrected chi connectivity index (χ0v) is 13.3. The molecule has 0 amide bonds. The highest BCUT2D eigenvalue weighted by Gasteiger charge is 2.10. The standard InChI is InChI=1S/C18H13NO4S/c20-17(21)13-8-6-12(7-9-13)15-11-24-16(19-15)10-23-18(22)14-4-2-1-3-5-14/h1-9,11H,10H2,(H,20,21). The highest BCUT2D eigenvalue weighted by molar-refractivity contribution is 7.09. The van der Waals surface area contributed by atoms with Crippen LogP contribution in [0.2, 0.25) is 0 Å². The molecule has 5 nitrogen and oxygen atoms in total. The number of aromatic nitrogens is 1. The summed E-state index contributed by atoms with van der Waals surface area (Å²) >= 11 is 1.39. The summed E-state index contributed by atoms with van der Waals surface area (Å²) in [5, 5.41) is 11.4. The van der Waals surface area contributed by atoms with Crippen LogP contribution < -0.4 is 0 Å². The van der Waals surface area contributed by atoms with Gasteiger partial charge in [-0.05, 0) is 24.3 Å². The molecule has 1 aromatic heterocycles. The van der Waals surface area contributed by atoms with Gasteiger partial charge in [0.2, 0.25) is 0 Å². The van der Waals surface area contributed by atoms with Gasteiger partial charge in [-0.2, -0.15) is 0 Å². The van der Waals surface area contributed by atoms with Gasteiger partial charge in [0.15, 0.2) is 0 Å². The van der Waals surface area contributed by atoms with E-state index in [1.807, 2.05) is 11.4 Å². The van der Waals surface area contributed by atoms with Gasteiger partial charge in [-0.1, -0.05) is 30.3 Å². The van der Waals surface area contributed by atoms with Gasteiger partial charge >= 0.3 is 11.9 Å². The molecule has 0 bridgehead atoms. The fourth-order valence-electron chi connectivity index (χ4n) is 2.08. The average molecular weight is 339 g/mol. The number of aromatic carboxylic acids is 1. The summed E-state index contributed by atoms with van der Waals surface area (Å²) in [6.45, 7) is 0.103. The molecule has 0 atom stereocenters. The van der Waals surface area contributed by atoms with Gasteiger partial charge in [-0.15, -0.1) is 11.3 Å². The monoisotopic (exact) mass is 339 g/mol. The molecule has 0 radical (unpaired) electrons. The molecule has 0 saturated heterocycles. The molecule has 3 aromatic rings. The number of thiazole rings is 1. The second-order valence-electron chi connectivity index (χ2n) is 4.95. The van der Waals surface area contributed by atoms with Crippen molar-refractivity contribution in [3.8, 4) is 11.3 Å². The second kappa shape index (κ2) is 7.06. The van der Waals surface area contributed by atoms with Crippen LogP contribution in [0.4, 0.5) is 0 Å². The molecule has 0 aliphatic rings. The number of nitrogens with zero attached hydrogens (tertiary/aromatic N) is 1. The first-order valence-corrected chi connectivity index (χ1v) is 8.02. The Bertz CT molecular complexity index is 856. The lowest BCUT2D eigenvalue weighted by atomic mass is 10.1. The Morgan fingerprint density at radius 1 is 1.00 bits per heavy atom. The normalized spacial score (nSPS) is 10.3. The van der Waals surface area contributed by atoms with E-state index in [0.29, 0.717) is 10.6 Å². The Balaban J connectivity index is 1.65. The van der Waals surface area contributed by atoms with Crippen LogP contribution in [0, 0.1) is 0 Å². The Hall–Kier alpha value is -2.99. The molecule has 0 spiro atoms. The number of benzene rings is 2. The van der Waals surface area contributed by atoms with Gasteiger partial charge in [0.1, 0.15) is 11.6 Å². The molecule has 0 aliphatic carbocycles. The molecule has 1 N–H and O–H groups in total. The predicted octanol–water partition coefficient (Wildman–Crippen LogP) is 3.87. The Kier molecular flexibility index (Phi) is 4.67. The van der Waals surface area contributed by atoms with Crippen LogP contribution in [0.3, 0.4) is 0 Å². The van der Waals surface area contributed by atoms with Crippen molar-refractivity contribution < 1.29 is 19.4 Å². The number of carboxylic acid groups (broad SMARTS) is 1. The third kappa shape index (κ3) is 3.67. The number of hydrogen-bond donors (Lipinski definition) is 1. The maximum atomic E-state index is 11.9. The van der Waals surface area contributed by atoms with Gasteiger partial charge < -0.3 is 9.84 Å². The van der Waals surface area contributed by atoms with Crippen molar-refractivity contribution in [2.24, 2.45) is 0 Å². The van der Waals surface area contributed by atoms with Crippen LogP contribution in [-0.4, -0.2) is 22.0 Å². The minimum absolute atomic E-state index is 0.103. The van der Waals surface area contributed by atoms with Crippen LogP contribution in [0.25, 0.3) is 11.3 Å². The maximum Gasteiger partial charge on any atom is 0.338 e. The molecule has 0 unspecified atom stereocenters. The van der Waals surface area contributed by atoms with E-state index in [0.717, 1.165) is 11.3 Å². The summed E-state index contributed by atoms with van der Waals surface area (Å²) in [6.07, 6.45) is 0. The molecule has 120 valence electrons. The third-order valence-corrected chi connectivity index (χ3v) is 4.14. The first-order chi connectivity index (χ1) is 11.6. The van der Waals surface area contributed by atoms with Gasteiger partial charge in [-0.3, -0.25) is 0 Å². The smallest absolute Gasteiger partial charge is 0.338 e. The summed E-state index contributed by atoms with van der Waals surface area (Å²) in [4.78, 5) is 27.2. The highest BCUT2D eigenvalue weighted by Crippen LogP contribution is 2.23. The molecule has 24 heavy (non-hydrogen) atoms. The molecular formula is C18H13NO4S. The number of ether oxygens (including phenoxy) is 1. The largest absolute Gasteiger partial charge is 0.478 e. The zero-order valence-electron chi connectivity index (χ0n) is 12.5. The van der Waals surface area contributed by atoms with Crippen molar-refractivity contribution in [3.63, 3.8) is 0 Å². The summed E-state index contributed by atoms with van der Waals surface area (Å²) in [6, 6.07) is 15.3. The lowest BCUT2D eigenvalue weighted by Gasteiger charge is -2.02. The minimum Gasteiger partial charge on any atom is -0.478 e. The van der Waals surface area contributed by atoms with Crippen molar-refractivity contribution in [2.45, 2.75) is 6.61 Å². The van der Waals surface area contributed by atoms with E-state index >= 15 is 0 Å². The van der Waals surface area contributed by atoms with Gasteiger partial charge in [0, 0.05) is 10.9 Å². The topological polar surface area (TPSA) is 76.5 Å². The van der Waals surface area contributed by atoms with E-state index in [4.69, 9.17) is 9.84 Å². The van der Waals surface area contributed by atoms with E-state index in [1.54, 1.807) is 36.4 Å². The zero-order chi connectivity index (χ0) is 16.9. The number of carboxylic acids is 1. The highest BCUT2D eigenvalue weighted by atomic mass is 32.1. The Morgan fingerprint density at radius 2 is 1.71 bits per heavy atom. The van der Waals surface area contributed by atoms with E-state index in [-0.39, 0.29) is 12.2 Å². The third-order valence-electron chi connectivity index (χ3n) is 3.32. The van der Waals surface area contributed by atoms with Crippen LogP contribution in [0.15, 0.2) is 60.0 Å². The van der Waals surface area contributed by atoms with E-state index in [1.165, 1.54) is 23.5 Å². The lowest BCUT2D eigenvalue weighted by molar-refractivity contribution is 0.0472. The van der Waals surface area contributed by atoms with Crippen molar-refractivity contribution in [1.82, 2.24) is 4.98 Å². The molecule has 0 aliphatic heterocycles. The first kappa shape index (κ1) is 15.9. The molecule has 2 aromatic carbocycles. The lowest BCUT2D eigenvalue weighted by Crippen LogP contribution is -2.04. The fraction of sp³-hybridized carbons (Fsp3) is 0.0556. The maximum absolute atomic E-state index is 11.9. The Morgan fingerprint density at radius 3 is 2.38 bits per heavy atom. The molecule has 6 heteroatoms. The summed E-state index contributed by atoms with van der Waals surface area (Å²) in [5.41, 5.74) is 2.27. The fourth-order valence-corrected chi connectivity index (χ4v) is 2.79. The number of rotatable bonds is 5. The number of esters is 1. The van der Waals surface area contributed by atoms with Crippen molar-refractivity contribution in [1.29, 1.82) is 0 Å².